The fourth-order valence-electron chi connectivity index (χ4n) is 2.46. The molecule has 7 heteroatoms. The number of ether oxygens (including phenoxy) is 1. The maximum atomic E-state index is 12.2. The molecule has 0 bridgehead atoms. The molecule has 0 aliphatic heterocycles. The van der Waals surface area contributed by atoms with Crippen molar-refractivity contribution in [3.63, 3.8) is 0 Å². The van der Waals surface area contributed by atoms with E-state index in [0.29, 0.717) is 0 Å². The maximum absolute atomic E-state index is 12.2. The van der Waals surface area contributed by atoms with Gasteiger partial charge in [-0.2, -0.15) is 0 Å². The Balaban J connectivity index is 2.15. The lowest BCUT2D eigenvalue weighted by Crippen LogP contribution is -2.29. The minimum Gasteiger partial charge on any atom is -0.465 e. The number of methoxy groups -OCH3 is 1. The summed E-state index contributed by atoms with van der Waals surface area (Å²) in [5.41, 5.74) is 1.07. The van der Waals surface area contributed by atoms with E-state index < -0.39 is 21.9 Å². The van der Waals surface area contributed by atoms with Crippen molar-refractivity contribution in [2.45, 2.75) is 37.0 Å². The summed E-state index contributed by atoms with van der Waals surface area (Å²) in [4.78, 5) is 23.2. The highest BCUT2D eigenvalue weighted by atomic mass is 32.2. The zero-order chi connectivity index (χ0) is 16.9. The molecule has 0 heterocycles. The molecular formula is C16H19NO5S. The number of carbonyl (C=O) groups is 2. The summed E-state index contributed by atoms with van der Waals surface area (Å²) in [5.74, 6) is -1.30. The molecule has 2 rings (SSSR count). The van der Waals surface area contributed by atoms with Gasteiger partial charge in [0.25, 0.3) is 15.9 Å². The molecule has 0 atom stereocenters. The first kappa shape index (κ1) is 17.2. The van der Waals surface area contributed by atoms with Crippen molar-refractivity contribution in [1.82, 2.24) is 4.72 Å². The number of nitrogens with one attached hydrogen (secondary N) is 1. The molecule has 6 nitrogen and oxygen atoms in total. The quantitative estimate of drug-likeness (QED) is 0.672. The van der Waals surface area contributed by atoms with E-state index in [-0.39, 0.29) is 10.5 Å². The van der Waals surface area contributed by atoms with Crippen LogP contribution in [0.2, 0.25) is 0 Å². The van der Waals surface area contributed by atoms with Crippen LogP contribution in [0, 0.1) is 0 Å². The molecule has 1 fully saturated rings. The predicted molar refractivity (Wildman–Crippen MR) is 84.3 cm³/mol. The number of sulfonamides is 1. The number of hydrogen-bond donors (Lipinski definition) is 1. The largest absolute Gasteiger partial charge is 0.465 e. The first-order chi connectivity index (χ1) is 10.9. The average Bonchev–Trinajstić information content (AvgIpc) is 2.54. The highest BCUT2D eigenvalue weighted by Crippen LogP contribution is 2.22. The van der Waals surface area contributed by atoms with Gasteiger partial charge in [-0.25, -0.2) is 17.9 Å². The van der Waals surface area contributed by atoms with E-state index in [1.165, 1.54) is 37.5 Å². The Kier molecular flexibility index (Phi) is 5.54. The van der Waals surface area contributed by atoms with Crippen molar-refractivity contribution < 1.29 is 22.7 Å². The maximum Gasteiger partial charge on any atom is 0.337 e. The first-order valence-corrected chi connectivity index (χ1v) is 8.85. The Morgan fingerprint density at radius 2 is 1.87 bits per heavy atom. The standard InChI is InChI=1S/C16H19NO5S/c1-22-16(19)13-8-5-9-14(11-13)23(20,21)17-15(18)10-12-6-3-2-4-7-12/h5,8-11H,2-4,6-7H2,1H3,(H,17,18). The van der Waals surface area contributed by atoms with Crippen LogP contribution in [-0.2, 0) is 19.6 Å². The molecule has 124 valence electrons. The second kappa shape index (κ2) is 7.41. The van der Waals surface area contributed by atoms with Gasteiger partial charge in [-0.05, 0) is 43.9 Å². The zero-order valence-corrected chi connectivity index (χ0v) is 13.7. The van der Waals surface area contributed by atoms with E-state index in [1.54, 1.807) is 0 Å². The highest BCUT2D eigenvalue weighted by Gasteiger charge is 2.19. The van der Waals surface area contributed by atoms with Gasteiger partial charge in [0, 0.05) is 6.08 Å². The minimum absolute atomic E-state index is 0.105. The van der Waals surface area contributed by atoms with Crippen LogP contribution in [0.25, 0.3) is 0 Å². The molecule has 1 saturated carbocycles. The number of benzene rings is 1. The molecule has 0 aromatic heterocycles. The summed E-state index contributed by atoms with van der Waals surface area (Å²) in [5, 5.41) is 0. The van der Waals surface area contributed by atoms with Crippen LogP contribution in [-0.4, -0.2) is 27.4 Å². The minimum atomic E-state index is -4.03. The fourth-order valence-corrected chi connectivity index (χ4v) is 3.45. The third kappa shape index (κ3) is 4.66. The van der Waals surface area contributed by atoms with Crippen molar-refractivity contribution in [1.29, 1.82) is 0 Å². The molecule has 1 aliphatic carbocycles. The van der Waals surface area contributed by atoms with Gasteiger partial charge in [0.05, 0.1) is 17.6 Å². The Labute approximate surface area is 135 Å². The van der Waals surface area contributed by atoms with Crippen LogP contribution in [0.3, 0.4) is 0 Å². The molecule has 1 aromatic rings. The molecule has 1 amide bonds. The van der Waals surface area contributed by atoms with E-state index in [0.717, 1.165) is 37.7 Å². The highest BCUT2D eigenvalue weighted by molar-refractivity contribution is 7.90. The normalized spacial score (nSPS) is 14.9. The van der Waals surface area contributed by atoms with Gasteiger partial charge in [0.1, 0.15) is 0 Å². The Bertz CT molecular complexity index is 729. The summed E-state index contributed by atoms with van der Waals surface area (Å²) in [6.45, 7) is 0. The van der Waals surface area contributed by atoms with Gasteiger partial charge in [-0.3, -0.25) is 4.79 Å². The number of carbonyl (C=O) groups excluding carboxylic acids is 2. The van der Waals surface area contributed by atoms with E-state index in [4.69, 9.17) is 0 Å². The summed E-state index contributed by atoms with van der Waals surface area (Å²) >= 11 is 0. The van der Waals surface area contributed by atoms with E-state index >= 15 is 0 Å². The van der Waals surface area contributed by atoms with E-state index in [9.17, 15) is 18.0 Å². The number of hydrogen-bond acceptors (Lipinski definition) is 5. The second-order valence-corrected chi connectivity index (χ2v) is 7.03. The molecule has 0 spiro atoms. The molecular weight excluding hydrogens is 318 g/mol. The van der Waals surface area contributed by atoms with Gasteiger partial charge < -0.3 is 4.74 Å². The van der Waals surface area contributed by atoms with Gasteiger partial charge >= 0.3 is 5.97 Å². The fraction of sp³-hybridized carbons (Fsp3) is 0.375. The Morgan fingerprint density at radius 3 is 2.52 bits per heavy atom. The third-order valence-corrected chi connectivity index (χ3v) is 4.98. The summed E-state index contributed by atoms with van der Waals surface area (Å²) in [6.07, 6.45) is 6.19. The van der Waals surface area contributed by atoms with Crippen molar-refractivity contribution in [2.24, 2.45) is 0 Å². The lowest BCUT2D eigenvalue weighted by molar-refractivity contribution is -0.114. The smallest absolute Gasteiger partial charge is 0.337 e. The predicted octanol–water partition coefficient (Wildman–Crippen LogP) is 2.17. The van der Waals surface area contributed by atoms with Gasteiger partial charge in [-0.1, -0.05) is 18.1 Å². The molecule has 0 unspecified atom stereocenters. The lowest BCUT2D eigenvalue weighted by Gasteiger charge is -2.13. The van der Waals surface area contributed by atoms with Gasteiger partial charge in [0.15, 0.2) is 0 Å². The molecule has 0 radical (unpaired) electrons. The topological polar surface area (TPSA) is 89.5 Å². The van der Waals surface area contributed by atoms with Crippen LogP contribution >= 0.6 is 0 Å². The molecule has 23 heavy (non-hydrogen) atoms. The summed E-state index contributed by atoms with van der Waals surface area (Å²) in [7, 11) is -2.82. The third-order valence-electron chi connectivity index (χ3n) is 3.63. The van der Waals surface area contributed by atoms with Crippen molar-refractivity contribution in [2.75, 3.05) is 7.11 Å². The van der Waals surface area contributed by atoms with Crippen molar-refractivity contribution >= 4 is 21.9 Å². The first-order valence-electron chi connectivity index (χ1n) is 7.37. The van der Waals surface area contributed by atoms with Crippen LogP contribution in [0.5, 0.6) is 0 Å². The monoisotopic (exact) mass is 337 g/mol. The summed E-state index contributed by atoms with van der Waals surface area (Å²) in [6, 6.07) is 5.35. The SMILES string of the molecule is COC(=O)c1cccc(S(=O)(=O)NC(=O)C=C2CCCCC2)c1. The van der Waals surface area contributed by atoms with Gasteiger partial charge in [0.2, 0.25) is 0 Å². The number of amides is 1. The van der Waals surface area contributed by atoms with Crippen LogP contribution in [0.4, 0.5) is 0 Å². The lowest BCUT2D eigenvalue weighted by atomic mass is 9.95. The van der Waals surface area contributed by atoms with Crippen molar-refractivity contribution in [3.8, 4) is 0 Å². The van der Waals surface area contributed by atoms with E-state index in [2.05, 4.69) is 4.74 Å². The Morgan fingerprint density at radius 1 is 1.17 bits per heavy atom. The molecule has 1 aromatic carbocycles. The van der Waals surface area contributed by atoms with Crippen LogP contribution in [0.15, 0.2) is 40.8 Å². The number of allylic oxidation sites excluding steroid dienone is 1. The number of esters is 1. The molecule has 1 aliphatic rings. The summed E-state index contributed by atoms with van der Waals surface area (Å²) < 4.78 is 31.0. The van der Waals surface area contributed by atoms with Gasteiger partial charge in [-0.15, -0.1) is 0 Å². The van der Waals surface area contributed by atoms with Crippen LogP contribution in [0.1, 0.15) is 42.5 Å². The second-order valence-electron chi connectivity index (χ2n) is 5.35. The molecule has 0 saturated heterocycles. The van der Waals surface area contributed by atoms with Crippen molar-refractivity contribution in [3.05, 3.63) is 41.5 Å². The van der Waals surface area contributed by atoms with Crippen LogP contribution < -0.4 is 4.72 Å². The molecule has 1 N–H and O–H groups in total. The Hall–Kier alpha value is -2.15. The van der Waals surface area contributed by atoms with E-state index in [1.807, 2.05) is 4.72 Å². The number of rotatable bonds is 4. The zero-order valence-electron chi connectivity index (χ0n) is 12.9. The average molecular weight is 337 g/mol.